The molecule has 0 spiro atoms. The van der Waals surface area contributed by atoms with Crippen molar-refractivity contribution in [3.63, 3.8) is 0 Å². The maximum absolute atomic E-state index is 5.61. The van der Waals surface area contributed by atoms with Crippen LogP contribution in [0.5, 0.6) is 0 Å². The van der Waals surface area contributed by atoms with Crippen LogP contribution in [0.2, 0.25) is 0 Å². The molecule has 0 radical (unpaired) electrons. The minimum absolute atomic E-state index is 0.721. The van der Waals surface area contributed by atoms with Crippen LogP contribution < -0.4 is 5.73 Å². The van der Waals surface area contributed by atoms with Gasteiger partial charge in [0.15, 0.2) is 0 Å². The van der Waals surface area contributed by atoms with Crippen LogP contribution in [-0.4, -0.2) is 6.54 Å². The number of fused-ring (bicyclic) bond motifs is 1. The number of hydrogen-bond donors (Lipinski definition) is 1. The Kier molecular flexibility index (Phi) is 2.91. The summed E-state index contributed by atoms with van der Waals surface area (Å²) in [6.45, 7) is 2.89. The highest BCUT2D eigenvalue weighted by atomic mass is 79.9. The molecule has 0 saturated heterocycles. The van der Waals surface area contributed by atoms with E-state index >= 15 is 0 Å². The second kappa shape index (κ2) is 4.01. The molecule has 1 nitrogen and oxygen atoms in total. The Morgan fingerprint density at radius 3 is 2.93 bits per heavy atom. The predicted molar refractivity (Wildman–Crippen MR) is 67.0 cm³/mol. The summed E-state index contributed by atoms with van der Waals surface area (Å²) in [6, 6.07) is 6.34. The molecular formula is C11H12BrNS. The first-order valence-electron chi connectivity index (χ1n) is 4.60. The molecule has 0 fully saturated rings. The van der Waals surface area contributed by atoms with E-state index < -0.39 is 0 Å². The van der Waals surface area contributed by atoms with Gasteiger partial charge in [-0.05, 0) is 52.8 Å². The number of thiophene rings is 1. The van der Waals surface area contributed by atoms with Crippen LogP contribution in [0.4, 0.5) is 0 Å². The minimum atomic E-state index is 0.721. The Morgan fingerprint density at radius 1 is 1.43 bits per heavy atom. The molecule has 0 aliphatic rings. The standard InChI is InChI=1S/C11H12BrNS/c1-7-8(5-6-13)9-3-2-4-10(12)11(9)14-7/h2-4H,5-6,13H2,1H3. The molecule has 2 N–H and O–H groups in total. The van der Waals surface area contributed by atoms with E-state index in [9.17, 15) is 0 Å². The lowest BCUT2D eigenvalue weighted by molar-refractivity contribution is 0.974. The van der Waals surface area contributed by atoms with Crippen LogP contribution in [0.3, 0.4) is 0 Å². The zero-order valence-corrected chi connectivity index (χ0v) is 10.4. The third kappa shape index (κ3) is 1.60. The van der Waals surface area contributed by atoms with Crippen molar-refractivity contribution in [2.45, 2.75) is 13.3 Å². The second-order valence-corrected chi connectivity index (χ2v) is 5.37. The number of benzene rings is 1. The van der Waals surface area contributed by atoms with Crippen molar-refractivity contribution in [2.75, 3.05) is 6.54 Å². The lowest BCUT2D eigenvalue weighted by Gasteiger charge is -1.98. The zero-order valence-electron chi connectivity index (χ0n) is 8.01. The highest BCUT2D eigenvalue weighted by Gasteiger charge is 2.09. The molecule has 1 heterocycles. The average molecular weight is 270 g/mol. The van der Waals surface area contributed by atoms with Gasteiger partial charge in [-0.25, -0.2) is 0 Å². The van der Waals surface area contributed by atoms with Gasteiger partial charge in [-0.1, -0.05) is 12.1 Å². The van der Waals surface area contributed by atoms with E-state index in [1.165, 1.54) is 25.0 Å². The predicted octanol–water partition coefficient (Wildman–Crippen LogP) is 3.47. The van der Waals surface area contributed by atoms with Gasteiger partial charge in [-0.15, -0.1) is 11.3 Å². The molecule has 3 heteroatoms. The van der Waals surface area contributed by atoms with Crippen molar-refractivity contribution in [3.05, 3.63) is 33.1 Å². The highest BCUT2D eigenvalue weighted by molar-refractivity contribution is 9.10. The molecule has 0 aliphatic carbocycles. The SMILES string of the molecule is Cc1sc2c(Br)cccc2c1CCN. The molecule has 2 rings (SSSR count). The van der Waals surface area contributed by atoms with Crippen LogP contribution in [0.15, 0.2) is 22.7 Å². The quantitative estimate of drug-likeness (QED) is 0.888. The number of nitrogens with two attached hydrogens (primary N) is 1. The van der Waals surface area contributed by atoms with Crippen LogP contribution in [0.1, 0.15) is 10.4 Å². The molecule has 0 saturated carbocycles. The molecule has 0 amide bonds. The maximum atomic E-state index is 5.61. The van der Waals surface area contributed by atoms with Crippen LogP contribution in [-0.2, 0) is 6.42 Å². The van der Waals surface area contributed by atoms with E-state index in [-0.39, 0.29) is 0 Å². The topological polar surface area (TPSA) is 26.0 Å². The smallest absolute Gasteiger partial charge is 0.0490 e. The summed E-state index contributed by atoms with van der Waals surface area (Å²) in [5, 5.41) is 1.35. The zero-order chi connectivity index (χ0) is 10.1. The fourth-order valence-corrected chi connectivity index (χ4v) is 3.43. The highest BCUT2D eigenvalue weighted by Crippen LogP contribution is 2.35. The largest absolute Gasteiger partial charge is 0.330 e. The summed E-state index contributed by atoms with van der Waals surface area (Å²) in [6.07, 6.45) is 0.974. The minimum Gasteiger partial charge on any atom is -0.330 e. The van der Waals surface area contributed by atoms with Crippen molar-refractivity contribution < 1.29 is 0 Å². The molecule has 14 heavy (non-hydrogen) atoms. The molecule has 0 atom stereocenters. The molecule has 0 bridgehead atoms. The van der Waals surface area contributed by atoms with Gasteiger partial charge in [0.2, 0.25) is 0 Å². The normalized spacial score (nSPS) is 11.1. The first-order valence-corrected chi connectivity index (χ1v) is 6.21. The van der Waals surface area contributed by atoms with Gasteiger partial charge < -0.3 is 5.73 Å². The molecule has 1 aromatic heterocycles. The Labute approximate surface area is 96.1 Å². The van der Waals surface area contributed by atoms with Crippen molar-refractivity contribution in [1.82, 2.24) is 0 Å². The van der Waals surface area contributed by atoms with E-state index in [1.807, 2.05) is 11.3 Å². The van der Waals surface area contributed by atoms with Gasteiger partial charge in [0.1, 0.15) is 0 Å². The van der Waals surface area contributed by atoms with Crippen LogP contribution in [0.25, 0.3) is 10.1 Å². The summed E-state index contributed by atoms with van der Waals surface area (Å²) in [5.41, 5.74) is 7.02. The summed E-state index contributed by atoms with van der Waals surface area (Å²) in [4.78, 5) is 1.39. The maximum Gasteiger partial charge on any atom is 0.0490 e. The van der Waals surface area contributed by atoms with E-state index in [0.29, 0.717) is 0 Å². The van der Waals surface area contributed by atoms with E-state index in [0.717, 1.165) is 13.0 Å². The lowest BCUT2D eigenvalue weighted by Crippen LogP contribution is -2.02. The van der Waals surface area contributed by atoms with Gasteiger partial charge in [0.25, 0.3) is 0 Å². The van der Waals surface area contributed by atoms with Gasteiger partial charge in [-0.2, -0.15) is 0 Å². The summed E-state index contributed by atoms with van der Waals surface area (Å²) >= 11 is 5.42. The average Bonchev–Trinajstić information content (AvgIpc) is 2.47. The first-order chi connectivity index (χ1) is 6.74. The third-order valence-corrected chi connectivity index (χ3v) is 4.49. The Balaban J connectivity index is 2.70. The van der Waals surface area contributed by atoms with Crippen molar-refractivity contribution in [3.8, 4) is 0 Å². The molecule has 0 unspecified atom stereocenters. The lowest BCUT2D eigenvalue weighted by atomic mass is 10.1. The summed E-state index contributed by atoms with van der Waals surface area (Å²) < 4.78 is 2.53. The molecule has 1 aromatic carbocycles. The van der Waals surface area contributed by atoms with Crippen LogP contribution >= 0.6 is 27.3 Å². The van der Waals surface area contributed by atoms with Gasteiger partial charge in [0.05, 0.1) is 0 Å². The number of halogens is 1. The van der Waals surface area contributed by atoms with E-state index in [4.69, 9.17) is 5.73 Å². The fraction of sp³-hybridized carbons (Fsp3) is 0.273. The van der Waals surface area contributed by atoms with Crippen molar-refractivity contribution in [1.29, 1.82) is 0 Å². The van der Waals surface area contributed by atoms with Gasteiger partial charge in [-0.3, -0.25) is 0 Å². The molecule has 0 aliphatic heterocycles. The third-order valence-electron chi connectivity index (χ3n) is 2.37. The molecular weight excluding hydrogens is 258 g/mol. The Hall–Kier alpha value is -0.380. The monoisotopic (exact) mass is 269 g/mol. The molecule has 74 valence electrons. The molecule has 2 aromatic rings. The Bertz CT molecular complexity index is 462. The van der Waals surface area contributed by atoms with Gasteiger partial charge in [0, 0.05) is 14.0 Å². The second-order valence-electron chi connectivity index (χ2n) is 3.29. The summed E-state index contributed by atoms with van der Waals surface area (Å²) in [5.74, 6) is 0. The van der Waals surface area contributed by atoms with Crippen LogP contribution in [0, 0.1) is 6.92 Å². The van der Waals surface area contributed by atoms with E-state index in [1.54, 1.807) is 0 Å². The fourth-order valence-electron chi connectivity index (χ4n) is 1.71. The number of rotatable bonds is 2. The number of aryl methyl sites for hydroxylation is 1. The van der Waals surface area contributed by atoms with Crippen molar-refractivity contribution >= 4 is 37.4 Å². The van der Waals surface area contributed by atoms with Crippen molar-refractivity contribution in [2.24, 2.45) is 5.73 Å². The number of hydrogen-bond acceptors (Lipinski definition) is 2. The first kappa shape index (κ1) is 10.1. The van der Waals surface area contributed by atoms with E-state index in [2.05, 4.69) is 41.1 Å². The summed E-state index contributed by atoms with van der Waals surface area (Å²) in [7, 11) is 0. The Morgan fingerprint density at radius 2 is 2.21 bits per heavy atom. The van der Waals surface area contributed by atoms with Gasteiger partial charge >= 0.3 is 0 Å².